The summed E-state index contributed by atoms with van der Waals surface area (Å²) in [5.74, 6) is -0.381. The van der Waals surface area contributed by atoms with Gasteiger partial charge in [0, 0.05) is 13.1 Å². The molecule has 0 bridgehead atoms. The molecule has 1 fully saturated rings. The van der Waals surface area contributed by atoms with Crippen molar-refractivity contribution in [2.75, 3.05) is 35.9 Å². The first-order valence-electron chi connectivity index (χ1n) is 12.4. The lowest BCUT2D eigenvalue weighted by atomic mass is 10.1. The predicted molar refractivity (Wildman–Crippen MR) is 143 cm³/mol. The van der Waals surface area contributed by atoms with Crippen molar-refractivity contribution >= 4 is 33.2 Å². The van der Waals surface area contributed by atoms with Gasteiger partial charge in [-0.15, -0.1) is 0 Å². The highest BCUT2D eigenvalue weighted by Gasteiger charge is 2.30. The zero-order valence-electron chi connectivity index (χ0n) is 20.8. The van der Waals surface area contributed by atoms with Gasteiger partial charge in [0.1, 0.15) is 12.3 Å². The second kappa shape index (κ2) is 11.9. The van der Waals surface area contributed by atoms with Crippen molar-refractivity contribution in [3.05, 3.63) is 84.4 Å². The molecule has 3 aromatic carbocycles. The summed E-state index contributed by atoms with van der Waals surface area (Å²) in [4.78, 5) is 28.3. The molecule has 1 heterocycles. The summed E-state index contributed by atoms with van der Waals surface area (Å²) < 4.78 is 34.1. The highest BCUT2D eigenvalue weighted by atomic mass is 32.2. The minimum Gasteiger partial charge on any atom is -0.492 e. The third kappa shape index (κ3) is 6.11. The van der Waals surface area contributed by atoms with Gasteiger partial charge in [-0.1, -0.05) is 42.5 Å². The number of benzene rings is 3. The molecule has 0 spiro atoms. The second-order valence-corrected chi connectivity index (χ2v) is 10.5. The van der Waals surface area contributed by atoms with Gasteiger partial charge in [0.25, 0.3) is 15.9 Å². The van der Waals surface area contributed by atoms with Crippen molar-refractivity contribution in [3.8, 4) is 5.75 Å². The van der Waals surface area contributed by atoms with Crippen LogP contribution in [0.2, 0.25) is 0 Å². The largest absolute Gasteiger partial charge is 0.492 e. The minimum atomic E-state index is -4.11. The fourth-order valence-electron chi connectivity index (χ4n) is 4.33. The summed E-state index contributed by atoms with van der Waals surface area (Å²) in [5.41, 5.74) is 0.976. The molecular weight excluding hydrogens is 490 g/mol. The lowest BCUT2D eigenvalue weighted by Crippen LogP contribution is -2.39. The Morgan fingerprint density at radius 3 is 2.27 bits per heavy atom. The van der Waals surface area contributed by atoms with E-state index in [1.165, 1.54) is 12.1 Å². The van der Waals surface area contributed by atoms with E-state index in [-0.39, 0.29) is 16.5 Å². The van der Waals surface area contributed by atoms with Crippen molar-refractivity contribution in [1.82, 2.24) is 4.90 Å². The quantitative estimate of drug-likeness (QED) is 0.446. The average molecular weight is 522 g/mol. The van der Waals surface area contributed by atoms with Crippen LogP contribution in [0.25, 0.3) is 0 Å². The fraction of sp³-hybridized carbons (Fsp3) is 0.286. The van der Waals surface area contributed by atoms with Crippen LogP contribution in [-0.4, -0.2) is 51.4 Å². The van der Waals surface area contributed by atoms with E-state index < -0.39 is 22.5 Å². The average Bonchev–Trinajstić information content (AvgIpc) is 2.93. The van der Waals surface area contributed by atoms with E-state index in [9.17, 15) is 18.0 Å². The van der Waals surface area contributed by atoms with Gasteiger partial charge < -0.3 is 15.0 Å². The van der Waals surface area contributed by atoms with E-state index in [4.69, 9.17) is 4.74 Å². The number of rotatable bonds is 9. The molecule has 4 rings (SSSR count). The van der Waals surface area contributed by atoms with Gasteiger partial charge in [-0.25, -0.2) is 8.42 Å². The molecule has 1 saturated heterocycles. The van der Waals surface area contributed by atoms with Crippen LogP contribution in [0.5, 0.6) is 5.75 Å². The molecule has 194 valence electrons. The Labute approximate surface area is 217 Å². The smallest absolute Gasteiger partial charge is 0.264 e. The van der Waals surface area contributed by atoms with Crippen molar-refractivity contribution < 1.29 is 22.7 Å². The van der Waals surface area contributed by atoms with E-state index in [2.05, 4.69) is 5.32 Å². The SMILES string of the molecule is CCOc1ccccc1N(CC(=O)Nc1ccccc1C(=O)N1CCCCC1)S(=O)(=O)c1ccccc1. The normalized spacial score (nSPS) is 13.6. The van der Waals surface area contributed by atoms with E-state index in [0.29, 0.717) is 36.7 Å². The summed E-state index contributed by atoms with van der Waals surface area (Å²) in [7, 11) is -4.11. The fourth-order valence-corrected chi connectivity index (χ4v) is 5.78. The van der Waals surface area contributed by atoms with Gasteiger partial charge in [-0.2, -0.15) is 0 Å². The van der Waals surface area contributed by atoms with Crippen LogP contribution >= 0.6 is 0 Å². The van der Waals surface area contributed by atoms with Gasteiger partial charge in [0.2, 0.25) is 5.91 Å². The predicted octanol–water partition coefficient (Wildman–Crippen LogP) is 4.55. The number of hydrogen-bond acceptors (Lipinski definition) is 5. The standard InChI is InChI=1S/C28H31N3O5S/c1-2-36-26-18-10-9-17-25(26)31(37(34,35)22-13-5-3-6-14-22)21-27(32)29-24-16-8-7-15-23(24)28(33)30-19-11-4-12-20-30/h3,5-10,13-18H,2,4,11-12,19-21H2,1H3,(H,29,32). The molecular formula is C28H31N3O5S. The van der Waals surface area contributed by atoms with Crippen LogP contribution in [0.4, 0.5) is 11.4 Å². The zero-order chi connectivity index (χ0) is 26.3. The van der Waals surface area contributed by atoms with Crippen LogP contribution in [0.3, 0.4) is 0 Å². The Bertz CT molecular complexity index is 1340. The molecule has 0 aliphatic carbocycles. The third-order valence-corrected chi connectivity index (χ3v) is 7.90. The lowest BCUT2D eigenvalue weighted by Gasteiger charge is -2.28. The van der Waals surface area contributed by atoms with Crippen molar-refractivity contribution in [3.63, 3.8) is 0 Å². The number of para-hydroxylation sites is 3. The zero-order valence-corrected chi connectivity index (χ0v) is 21.6. The number of amides is 2. The van der Waals surface area contributed by atoms with Gasteiger partial charge in [-0.05, 0) is 62.6 Å². The van der Waals surface area contributed by atoms with Crippen LogP contribution in [0.15, 0.2) is 83.8 Å². The number of ether oxygens (including phenoxy) is 1. The van der Waals surface area contributed by atoms with Crippen LogP contribution in [-0.2, 0) is 14.8 Å². The number of nitrogens with one attached hydrogen (secondary N) is 1. The summed E-state index contributed by atoms with van der Waals surface area (Å²) in [5, 5.41) is 2.77. The monoisotopic (exact) mass is 521 g/mol. The first-order valence-corrected chi connectivity index (χ1v) is 13.8. The van der Waals surface area contributed by atoms with Crippen LogP contribution in [0, 0.1) is 0 Å². The first-order chi connectivity index (χ1) is 17.9. The Kier molecular flexibility index (Phi) is 8.45. The summed E-state index contributed by atoms with van der Waals surface area (Å²) in [6.45, 7) is 2.98. The molecule has 0 aromatic heterocycles. The molecule has 1 N–H and O–H groups in total. The number of hydrogen-bond donors (Lipinski definition) is 1. The molecule has 0 radical (unpaired) electrons. The topological polar surface area (TPSA) is 96.0 Å². The van der Waals surface area contributed by atoms with Gasteiger partial charge in [0.05, 0.1) is 28.4 Å². The lowest BCUT2D eigenvalue weighted by molar-refractivity contribution is -0.114. The molecule has 0 atom stereocenters. The minimum absolute atomic E-state index is 0.0507. The van der Waals surface area contributed by atoms with Crippen LogP contribution < -0.4 is 14.4 Å². The maximum atomic E-state index is 13.7. The highest BCUT2D eigenvalue weighted by molar-refractivity contribution is 7.92. The molecule has 37 heavy (non-hydrogen) atoms. The molecule has 8 nitrogen and oxygen atoms in total. The number of nitrogens with zero attached hydrogens (tertiary/aromatic N) is 2. The molecule has 2 amide bonds. The number of sulfonamides is 1. The number of piperidine rings is 1. The van der Waals surface area contributed by atoms with E-state index in [1.54, 1.807) is 78.6 Å². The number of carbonyl (C=O) groups excluding carboxylic acids is 2. The Morgan fingerprint density at radius 2 is 1.54 bits per heavy atom. The summed E-state index contributed by atoms with van der Waals surface area (Å²) >= 11 is 0. The molecule has 9 heteroatoms. The maximum absolute atomic E-state index is 13.7. The Hall–Kier alpha value is -3.85. The first kappa shape index (κ1) is 26.2. The molecule has 0 unspecified atom stereocenters. The Morgan fingerprint density at radius 1 is 0.892 bits per heavy atom. The number of carbonyl (C=O) groups is 2. The maximum Gasteiger partial charge on any atom is 0.264 e. The molecule has 0 saturated carbocycles. The molecule has 1 aliphatic rings. The summed E-state index contributed by atoms with van der Waals surface area (Å²) in [6.07, 6.45) is 2.99. The third-order valence-electron chi connectivity index (χ3n) is 6.13. The van der Waals surface area contributed by atoms with Crippen molar-refractivity contribution in [1.29, 1.82) is 0 Å². The van der Waals surface area contributed by atoms with Gasteiger partial charge in [0.15, 0.2) is 0 Å². The van der Waals surface area contributed by atoms with Crippen molar-refractivity contribution in [2.45, 2.75) is 31.1 Å². The van der Waals surface area contributed by atoms with Crippen molar-refractivity contribution in [2.24, 2.45) is 0 Å². The molecule has 3 aromatic rings. The highest BCUT2D eigenvalue weighted by Crippen LogP contribution is 2.32. The number of likely N-dealkylation sites (tertiary alicyclic amines) is 1. The Balaban J connectivity index is 1.64. The van der Waals surface area contributed by atoms with E-state index in [0.717, 1.165) is 23.6 Å². The van der Waals surface area contributed by atoms with Gasteiger partial charge in [-0.3, -0.25) is 13.9 Å². The van der Waals surface area contributed by atoms with Crippen LogP contribution in [0.1, 0.15) is 36.5 Å². The summed E-state index contributed by atoms with van der Waals surface area (Å²) in [6, 6.07) is 21.4. The van der Waals surface area contributed by atoms with E-state index in [1.807, 2.05) is 0 Å². The second-order valence-electron chi connectivity index (χ2n) is 8.67. The molecule has 1 aliphatic heterocycles. The van der Waals surface area contributed by atoms with Gasteiger partial charge >= 0.3 is 0 Å². The number of anilines is 2. The van der Waals surface area contributed by atoms with E-state index >= 15 is 0 Å².